The molecule has 3 heterocycles. The molecule has 1 aliphatic carbocycles. The largest absolute Gasteiger partial charge is 0.335 e. The summed E-state index contributed by atoms with van der Waals surface area (Å²) in [5, 5.41) is 17.5. The van der Waals surface area contributed by atoms with Crippen molar-refractivity contribution < 1.29 is 9.32 Å². The van der Waals surface area contributed by atoms with Crippen LogP contribution in [-0.2, 0) is 6.42 Å². The minimum Gasteiger partial charge on any atom is -0.335 e. The van der Waals surface area contributed by atoms with Crippen LogP contribution < -0.4 is 5.32 Å². The Bertz CT molecular complexity index is 1200. The molecule has 30 heavy (non-hydrogen) atoms. The Morgan fingerprint density at radius 3 is 2.83 bits per heavy atom. The molecule has 3 aromatic heterocycles. The molecule has 1 amide bonds. The van der Waals surface area contributed by atoms with Crippen molar-refractivity contribution in [1.82, 2.24) is 20.3 Å². The van der Waals surface area contributed by atoms with E-state index in [0.29, 0.717) is 33.4 Å². The van der Waals surface area contributed by atoms with Gasteiger partial charge in [-0.25, -0.2) is 4.98 Å². The van der Waals surface area contributed by atoms with Crippen molar-refractivity contribution in [2.24, 2.45) is 0 Å². The van der Waals surface area contributed by atoms with Gasteiger partial charge in [0.25, 0.3) is 11.6 Å². The van der Waals surface area contributed by atoms with Crippen molar-refractivity contribution in [3.05, 3.63) is 52.7 Å². The van der Waals surface area contributed by atoms with Crippen molar-refractivity contribution in [1.29, 1.82) is 0 Å². The number of amides is 1. The molecule has 0 atom stereocenters. The Labute approximate surface area is 177 Å². The molecular formula is C22H21N5O2S. The number of hydrogen-bond acceptors (Lipinski definition) is 7. The first kappa shape index (κ1) is 18.9. The van der Waals surface area contributed by atoms with Crippen LogP contribution in [0.25, 0.3) is 22.4 Å². The predicted molar refractivity (Wildman–Crippen MR) is 116 cm³/mol. The van der Waals surface area contributed by atoms with Crippen LogP contribution in [0.15, 0.2) is 40.9 Å². The van der Waals surface area contributed by atoms with Gasteiger partial charge in [0.05, 0.1) is 10.9 Å². The van der Waals surface area contributed by atoms with E-state index in [0.717, 1.165) is 48.4 Å². The molecule has 0 saturated heterocycles. The Balaban J connectivity index is 1.53. The van der Waals surface area contributed by atoms with Crippen LogP contribution >= 0.6 is 11.3 Å². The lowest BCUT2D eigenvalue weighted by atomic mass is 10.0. The molecule has 1 fully saturated rings. The normalized spacial score (nSPS) is 13.6. The van der Waals surface area contributed by atoms with Crippen molar-refractivity contribution in [3.63, 3.8) is 0 Å². The van der Waals surface area contributed by atoms with E-state index in [-0.39, 0.29) is 5.91 Å². The highest BCUT2D eigenvalue weighted by Gasteiger charge is 2.29. The van der Waals surface area contributed by atoms with Crippen molar-refractivity contribution in [2.45, 2.75) is 44.9 Å². The number of carbonyl (C=O) groups excluding carboxylic acids is 1. The molecule has 0 radical (unpaired) electrons. The summed E-state index contributed by atoms with van der Waals surface area (Å²) in [5.41, 5.74) is 3.27. The molecule has 0 aliphatic heterocycles. The number of fused-ring (bicyclic) bond motifs is 1. The van der Waals surface area contributed by atoms with Crippen LogP contribution in [0.4, 0.5) is 5.13 Å². The van der Waals surface area contributed by atoms with E-state index in [1.807, 2.05) is 36.4 Å². The summed E-state index contributed by atoms with van der Waals surface area (Å²) in [6, 6.07) is 11.6. The van der Waals surface area contributed by atoms with Gasteiger partial charge in [0, 0.05) is 23.6 Å². The third-order valence-corrected chi connectivity index (χ3v) is 6.08. The van der Waals surface area contributed by atoms with Crippen LogP contribution in [0, 0.1) is 0 Å². The summed E-state index contributed by atoms with van der Waals surface area (Å²) in [7, 11) is 0. The molecule has 152 valence electrons. The van der Waals surface area contributed by atoms with Gasteiger partial charge >= 0.3 is 0 Å². The molecule has 0 bridgehead atoms. The Morgan fingerprint density at radius 2 is 2.07 bits per heavy atom. The topological polar surface area (TPSA) is 93.8 Å². The molecular weight excluding hydrogens is 398 g/mol. The standard InChI is InChI=1S/C22H21N5O2S/c1-2-3-9-17-25-26-22(30-17)24-20(28)15-12-16(13-10-11-13)23-21-18(15)19(27-29-21)14-7-5-4-6-8-14/h4-8,12-13H,2-3,9-11H2,1H3,(H,24,26,28). The maximum Gasteiger partial charge on any atom is 0.259 e. The number of nitrogens with one attached hydrogen (secondary N) is 1. The van der Waals surface area contributed by atoms with Gasteiger partial charge in [0.15, 0.2) is 0 Å². The van der Waals surface area contributed by atoms with Crippen LogP contribution in [0.5, 0.6) is 0 Å². The number of pyridine rings is 1. The fourth-order valence-corrected chi connectivity index (χ4v) is 4.20. The Hall–Kier alpha value is -3.13. The minimum absolute atomic E-state index is 0.247. The third-order valence-electron chi connectivity index (χ3n) is 5.19. The zero-order chi connectivity index (χ0) is 20.5. The molecule has 0 spiro atoms. The average Bonchev–Trinajstić information content (AvgIpc) is 3.39. The summed E-state index contributed by atoms with van der Waals surface area (Å²) >= 11 is 1.42. The molecule has 0 unspecified atom stereocenters. The van der Waals surface area contributed by atoms with Crippen LogP contribution in [0.1, 0.15) is 59.6 Å². The van der Waals surface area contributed by atoms with Crippen LogP contribution in [-0.4, -0.2) is 26.2 Å². The highest BCUT2D eigenvalue weighted by atomic mass is 32.1. The highest BCUT2D eigenvalue weighted by molar-refractivity contribution is 7.15. The second kappa shape index (κ2) is 7.95. The molecule has 8 heteroatoms. The van der Waals surface area contributed by atoms with Crippen LogP contribution in [0.2, 0.25) is 0 Å². The van der Waals surface area contributed by atoms with E-state index in [2.05, 4.69) is 32.6 Å². The molecule has 1 N–H and O–H groups in total. The quantitative estimate of drug-likeness (QED) is 0.442. The number of carbonyl (C=O) groups is 1. The number of nitrogens with zero attached hydrogens (tertiary/aromatic N) is 4. The SMILES string of the molecule is CCCCc1nnc(NC(=O)c2cc(C3CC3)nc3onc(-c4ccccc4)c23)s1. The van der Waals surface area contributed by atoms with Gasteiger partial charge in [-0.15, -0.1) is 10.2 Å². The lowest BCUT2D eigenvalue weighted by Crippen LogP contribution is -2.13. The summed E-state index contributed by atoms with van der Waals surface area (Å²) in [6.45, 7) is 2.14. The van der Waals surface area contributed by atoms with Gasteiger partial charge < -0.3 is 4.52 Å². The number of aryl methyl sites for hydroxylation is 1. The number of aromatic nitrogens is 4. The smallest absolute Gasteiger partial charge is 0.259 e. The first-order valence-corrected chi connectivity index (χ1v) is 11.0. The van der Waals surface area contributed by atoms with Crippen LogP contribution in [0.3, 0.4) is 0 Å². The van der Waals surface area contributed by atoms with Gasteiger partial charge in [-0.2, -0.15) is 0 Å². The number of unbranched alkanes of at least 4 members (excludes halogenated alkanes) is 1. The number of anilines is 1. The first-order valence-electron chi connectivity index (χ1n) is 10.2. The summed E-state index contributed by atoms with van der Waals surface area (Å²) < 4.78 is 5.55. The minimum atomic E-state index is -0.247. The molecule has 4 aromatic rings. The fourth-order valence-electron chi connectivity index (χ4n) is 3.43. The van der Waals surface area contributed by atoms with Gasteiger partial charge in [-0.05, 0) is 25.3 Å². The number of rotatable bonds is 7. The summed E-state index contributed by atoms with van der Waals surface area (Å²) in [4.78, 5) is 17.9. The fraction of sp³-hybridized carbons (Fsp3) is 0.318. The average molecular weight is 420 g/mol. The van der Waals surface area contributed by atoms with E-state index in [1.54, 1.807) is 0 Å². The summed E-state index contributed by atoms with van der Waals surface area (Å²) in [6.07, 6.45) is 5.18. The van der Waals surface area contributed by atoms with Gasteiger partial charge in [0.1, 0.15) is 10.7 Å². The molecule has 1 aliphatic rings. The van der Waals surface area contributed by atoms with E-state index in [1.165, 1.54) is 11.3 Å². The van der Waals surface area contributed by atoms with Crippen molar-refractivity contribution in [3.8, 4) is 11.3 Å². The third kappa shape index (κ3) is 3.70. The highest BCUT2D eigenvalue weighted by Crippen LogP contribution is 2.41. The van der Waals surface area contributed by atoms with Gasteiger partial charge in [-0.3, -0.25) is 10.1 Å². The number of benzene rings is 1. The van der Waals surface area contributed by atoms with E-state index >= 15 is 0 Å². The zero-order valence-corrected chi connectivity index (χ0v) is 17.4. The molecule has 7 nitrogen and oxygen atoms in total. The predicted octanol–water partition coefficient (Wildman–Crippen LogP) is 5.21. The number of hydrogen-bond donors (Lipinski definition) is 1. The molecule has 5 rings (SSSR count). The Kier molecular flexibility index (Phi) is 5.00. The van der Waals surface area contributed by atoms with E-state index in [9.17, 15) is 4.79 Å². The second-order valence-corrected chi connectivity index (χ2v) is 8.57. The lowest BCUT2D eigenvalue weighted by molar-refractivity contribution is 0.102. The molecule has 1 saturated carbocycles. The second-order valence-electron chi connectivity index (χ2n) is 7.50. The van der Waals surface area contributed by atoms with Gasteiger partial charge in [0.2, 0.25) is 5.13 Å². The lowest BCUT2D eigenvalue weighted by Gasteiger charge is -2.06. The van der Waals surface area contributed by atoms with Crippen molar-refractivity contribution >= 4 is 33.5 Å². The Morgan fingerprint density at radius 1 is 1.23 bits per heavy atom. The van der Waals surface area contributed by atoms with Crippen molar-refractivity contribution in [2.75, 3.05) is 5.32 Å². The molecule has 1 aromatic carbocycles. The maximum absolute atomic E-state index is 13.3. The maximum atomic E-state index is 13.3. The monoisotopic (exact) mass is 419 g/mol. The zero-order valence-electron chi connectivity index (χ0n) is 16.6. The van der Waals surface area contributed by atoms with Gasteiger partial charge in [-0.1, -0.05) is 60.2 Å². The van der Waals surface area contributed by atoms with E-state index in [4.69, 9.17) is 4.52 Å². The summed E-state index contributed by atoms with van der Waals surface area (Å²) in [5.74, 6) is 0.135. The van der Waals surface area contributed by atoms with E-state index < -0.39 is 0 Å². The first-order chi connectivity index (χ1) is 14.7.